The van der Waals surface area contributed by atoms with Crippen LogP contribution in [0.3, 0.4) is 0 Å². The minimum atomic E-state index is 0.00301. The number of hydrogen-bond donors (Lipinski definition) is 0. The van der Waals surface area contributed by atoms with Crippen molar-refractivity contribution in [2.75, 3.05) is 13.2 Å². The molecule has 0 heterocycles. The van der Waals surface area contributed by atoms with Gasteiger partial charge in [0.25, 0.3) is 0 Å². The van der Waals surface area contributed by atoms with E-state index >= 15 is 0 Å². The molecule has 228 valence electrons. The van der Waals surface area contributed by atoms with E-state index in [1.54, 1.807) is 0 Å². The number of carbonyl (C=O) groups excluding carboxylic acids is 2. The molecule has 0 saturated heterocycles. The Labute approximate surface area is 238 Å². The number of unbranched alkanes of at least 4 members (excludes halogenated alkanes) is 8. The largest absolute Gasteiger partial charge is 0.466 e. The van der Waals surface area contributed by atoms with Gasteiger partial charge >= 0.3 is 11.9 Å². The molecule has 0 spiro atoms. The van der Waals surface area contributed by atoms with E-state index in [4.69, 9.17) is 9.47 Å². The van der Waals surface area contributed by atoms with E-state index in [0.29, 0.717) is 26.1 Å². The van der Waals surface area contributed by atoms with E-state index in [2.05, 4.69) is 41.5 Å². The lowest BCUT2D eigenvalue weighted by Gasteiger charge is -2.14. The van der Waals surface area contributed by atoms with Crippen molar-refractivity contribution in [2.24, 2.45) is 11.8 Å². The first-order valence-electron chi connectivity index (χ1n) is 16.8. The Bertz CT molecular complexity index is 435. The summed E-state index contributed by atoms with van der Waals surface area (Å²) in [5, 5.41) is 0. The van der Waals surface area contributed by atoms with Crippen LogP contribution in [-0.2, 0) is 19.1 Å². The average Bonchev–Trinajstić information content (AvgIpc) is 2.89. The summed E-state index contributed by atoms with van der Waals surface area (Å²) >= 11 is 0. The Morgan fingerprint density at radius 2 is 0.737 bits per heavy atom. The predicted octanol–water partition coefficient (Wildman–Crippen LogP) is 11.0. The van der Waals surface area contributed by atoms with E-state index in [9.17, 15) is 9.59 Å². The molecule has 0 N–H and O–H groups in total. The topological polar surface area (TPSA) is 52.6 Å². The highest BCUT2D eigenvalue weighted by Gasteiger charge is 2.10. The predicted molar refractivity (Wildman–Crippen MR) is 165 cm³/mol. The molecule has 0 aliphatic heterocycles. The Balaban J connectivity index is 0. The van der Waals surface area contributed by atoms with Gasteiger partial charge in [0.15, 0.2) is 0 Å². The van der Waals surface area contributed by atoms with Crippen LogP contribution >= 0.6 is 0 Å². The fourth-order valence-corrected chi connectivity index (χ4v) is 5.07. The zero-order valence-corrected chi connectivity index (χ0v) is 26.8. The van der Waals surface area contributed by atoms with Crippen molar-refractivity contribution in [2.45, 2.75) is 183 Å². The third kappa shape index (κ3) is 29.5. The molecule has 0 aliphatic rings. The standard InChI is InChI=1S/2C17H34O2/c2*1-4-7-8-9-10-13-17(18)19-15-14-16(11-5-2)12-6-3/h2*16H,4-15H2,1-3H3. The van der Waals surface area contributed by atoms with Gasteiger partial charge in [0.2, 0.25) is 0 Å². The van der Waals surface area contributed by atoms with Crippen LogP contribution < -0.4 is 0 Å². The van der Waals surface area contributed by atoms with Gasteiger partial charge in [-0.05, 0) is 37.5 Å². The highest BCUT2D eigenvalue weighted by molar-refractivity contribution is 5.69. The van der Waals surface area contributed by atoms with Crippen LogP contribution in [0.4, 0.5) is 0 Å². The lowest BCUT2D eigenvalue weighted by molar-refractivity contribution is -0.145. The molecule has 0 aromatic carbocycles. The molecule has 4 nitrogen and oxygen atoms in total. The molecule has 0 bridgehead atoms. The molecule has 0 rings (SSSR count). The molecule has 0 saturated carbocycles. The van der Waals surface area contributed by atoms with Crippen LogP contribution in [-0.4, -0.2) is 25.2 Å². The van der Waals surface area contributed by atoms with E-state index in [-0.39, 0.29) is 11.9 Å². The Morgan fingerprint density at radius 1 is 0.421 bits per heavy atom. The van der Waals surface area contributed by atoms with Crippen molar-refractivity contribution < 1.29 is 19.1 Å². The molecule has 0 unspecified atom stereocenters. The summed E-state index contributed by atoms with van der Waals surface area (Å²) in [6, 6.07) is 0. The Hall–Kier alpha value is -1.06. The van der Waals surface area contributed by atoms with Crippen molar-refractivity contribution >= 4 is 11.9 Å². The van der Waals surface area contributed by atoms with E-state index < -0.39 is 0 Å². The van der Waals surface area contributed by atoms with Gasteiger partial charge in [-0.15, -0.1) is 0 Å². The molecule has 4 heteroatoms. The van der Waals surface area contributed by atoms with Crippen LogP contribution in [0.2, 0.25) is 0 Å². The van der Waals surface area contributed by atoms with Gasteiger partial charge in [-0.25, -0.2) is 0 Å². The quantitative estimate of drug-likeness (QED) is 0.0808. The monoisotopic (exact) mass is 541 g/mol. The maximum absolute atomic E-state index is 11.6. The maximum Gasteiger partial charge on any atom is 0.305 e. The van der Waals surface area contributed by atoms with E-state index in [0.717, 1.165) is 50.4 Å². The summed E-state index contributed by atoms with van der Waals surface area (Å²) < 4.78 is 10.7. The molecule has 0 radical (unpaired) electrons. The first-order valence-corrected chi connectivity index (χ1v) is 16.8. The van der Waals surface area contributed by atoms with Gasteiger partial charge in [0.05, 0.1) is 13.2 Å². The normalized spacial score (nSPS) is 10.9. The second-order valence-corrected chi connectivity index (χ2v) is 11.2. The van der Waals surface area contributed by atoms with Crippen LogP contribution in [0.15, 0.2) is 0 Å². The zero-order chi connectivity index (χ0) is 28.7. The number of carbonyl (C=O) groups is 2. The van der Waals surface area contributed by atoms with Gasteiger partial charge < -0.3 is 9.47 Å². The molecule has 38 heavy (non-hydrogen) atoms. The maximum atomic E-state index is 11.6. The molecular weight excluding hydrogens is 472 g/mol. The molecule has 0 aliphatic carbocycles. The van der Waals surface area contributed by atoms with Gasteiger partial charge in [-0.1, -0.05) is 144 Å². The third-order valence-corrected chi connectivity index (χ3v) is 7.33. The van der Waals surface area contributed by atoms with Crippen molar-refractivity contribution in [1.29, 1.82) is 0 Å². The lowest BCUT2D eigenvalue weighted by atomic mass is 9.95. The van der Waals surface area contributed by atoms with Gasteiger partial charge in [-0.3, -0.25) is 9.59 Å². The minimum absolute atomic E-state index is 0.00301. The second kappa shape index (κ2) is 32.2. The molecule has 0 atom stereocenters. The highest BCUT2D eigenvalue weighted by atomic mass is 16.5. The van der Waals surface area contributed by atoms with Gasteiger partial charge in [0, 0.05) is 12.8 Å². The summed E-state index contributed by atoms with van der Waals surface area (Å²) in [4.78, 5) is 23.1. The summed E-state index contributed by atoms with van der Waals surface area (Å²) in [5.41, 5.74) is 0. The van der Waals surface area contributed by atoms with E-state index in [1.807, 2.05) is 0 Å². The molecular formula is C34H68O4. The molecule has 0 aromatic rings. The van der Waals surface area contributed by atoms with E-state index in [1.165, 1.54) is 89.9 Å². The van der Waals surface area contributed by atoms with Gasteiger partial charge in [-0.2, -0.15) is 0 Å². The highest BCUT2D eigenvalue weighted by Crippen LogP contribution is 2.18. The first-order chi connectivity index (χ1) is 18.5. The summed E-state index contributed by atoms with van der Waals surface area (Å²) in [6.45, 7) is 14.6. The SMILES string of the molecule is CCCCCCCC(=O)OCCC(CCC)CCC.CCCCCCCC(=O)OCCC(CCC)CCC. The second-order valence-electron chi connectivity index (χ2n) is 11.2. The fraction of sp³-hybridized carbons (Fsp3) is 0.941. The summed E-state index contributed by atoms with van der Waals surface area (Å²) in [7, 11) is 0. The Kier molecular flexibility index (Phi) is 33.1. The minimum Gasteiger partial charge on any atom is -0.466 e. The first kappa shape index (κ1) is 39.1. The van der Waals surface area contributed by atoms with Crippen LogP contribution in [0.5, 0.6) is 0 Å². The van der Waals surface area contributed by atoms with Crippen LogP contribution in [0, 0.1) is 11.8 Å². The van der Waals surface area contributed by atoms with Crippen LogP contribution in [0.25, 0.3) is 0 Å². The zero-order valence-electron chi connectivity index (χ0n) is 26.8. The smallest absolute Gasteiger partial charge is 0.305 e. The van der Waals surface area contributed by atoms with Crippen molar-refractivity contribution in [1.82, 2.24) is 0 Å². The molecule has 0 fully saturated rings. The Morgan fingerprint density at radius 3 is 1.03 bits per heavy atom. The van der Waals surface area contributed by atoms with Crippen molar-refractivity contribution in [3.05, 3.63) is 0 Å². The number of esters is 2. The molecule has 0 amide bonds. The van der Waals surface area contributed by atoms with Crippen LogP contribution in [0.1, 0.15) is 183 Å². The van der Waals surface area contributed by atoms with Gasteiger partial charge in [0.1, 0.15) is 0 Å². The lowest BCUT2D eigenvalue weighted by Crippen LogP contribution is -2.10. The summed E-state index contributed by atoms with van der Waals surface area (Å²) in [6.07, 6.45) is 25.2. The van der Waals surface area contributed by atoms with Crippen molar-refractivity contribution in [3.8, 4) is 0 Å². The third-order valence-electron chi connectivity index (χ3n) is 7.33. The number of rotatable bonds is 26. The molecule has 0 aromatic heterocycles. The average molecular weight is 541 g/mol. The summed E-state index contributed by atoms with van der Waals surface area (Å²) in [5.74, 6) is 1.49. The fourth-order valence-electron chi connectivity index (χ4n) is 5.07. The van der Waals surface area contributed by atoms with Crippen molar-refractivity contribution in [3.63, 3.8) is 0 Å². The number of hydrogen-bond acceptors (Lipinski definition) is 4. The number of ether oxygens (including phenoxy) is 2.